The van der Waals surface area contributed by atoms with E-state index in [1.807, 2.05) is 42.5 Å². The smallest absolute Gasteiger partial charge is 0.289 e. The van der Waals surface area contributed by atoms with E-state index in [2.05, 4.69) is 4.98 Å². The monoisotopic (exact) mass is 557 g/mol. The third-order valence-electron chi connectivity index (χ3n) is 6.14. The molecule has 7 nitrogen and oxygen atoms in total. The molecule has 0 N–H and O–H groups in total. The first kappa shape index (κ1) is 26.9. The van der Waals surface area contributed by atoms with Crippen LogP contribution in [-0.4, -0.2) is 60.4 Å². The predicted molar refractivity (Wildman–Crippen MR) is 148 cm³/mol. The quantitative estimate of drug-likeness (QED) is 0.318. The highest BCUT2D eigenvalue weighted by Crippen LogP contribution is 2.23. The molecule has 10 heteroatoms. The number of nitrogens with zero attached hydrogens (tertiary/aromatic N) is 3. The van der Waals surface area contributed by atoms with Gasteiger partial charge in [0.15, 0.2) is 5.76 Å². The number of sulfonamides is 1. The summed E-state index contributed by atoms with van der Waals surface area (Å²) in [6.45, 7) is 1.10. The van der Waals surface area contributed by atoms with Crippen molar-refractivity contribution in [3.63, 3.8) is 0 Å². The van der Waals surface area contributed by atoms with Gasteiger partial charge in [0.25, 0.3) is 5.91 Å². The van der Waals surface area contributed by atoms with Crippen LogP contribution in [0.25, 0.3) is 28.2 Å². The highest BCUT2D eigenvalue weighted by molar-refractivity contribution is 7.89. The van der Waals surface area contributed by atoms with E-state index in [9.17, 15) is 13.2 Å². The van der Waals surface area contributed by atoms with Gasteiger partial charge in [-0.05, 0) is 58.8 Å². The van der Waals surface area contributed by atoms with Gasteiger partial charge >= 0.3 is 0 Å². The second kappa shape index (κ2) is 11.5. The summed E-state index contributed by atoms with van der Waals surface area (Å²) in [6, 6.07) is 18.6. The van der Waals surface area contributed by atoms with E-state index in [-0.39, 0.29) is 42.9 Å². The van der Waals surface area contributed by atoms with Crippen LogP contribution in [0.15, 0.2) is 83.6 Å². The van der Waals surface area contributed by atoms with Crippen LogP contribution >= 0.6 is 24.0 Å². The van der Waals surface area contributed by atoms with Crippen LogP contribution in [0.2, 0.25) is 5.02 Å². The predicted octanol–water partition coefficient (Wildman–Crippen LogP) is 5.37. The molecule has 0 saturated carbocycles. The second-order valence-corrected chi connectivity index (χ2v) is 11.0. The summed E-state index contributed by atoms with van der Waals surface area (Å²) in [7, 11) is -3.49. The minimum absolute atomic E-state index is 0. The number of fused-ring (bicyclic) bond motifs is 1. The van der Waals surface area contributed by atoms with Crippen LogP contribution in [0.3, 0.4) is 0 Å². The molecule has 192 valence electrons. The molecule has 2 aromatic heterocycles. The lowest BCUT2D eigenvalue weighted by Gasteiger charge is -2.33. The Morgan fingerprint density at radius 2 is 1.65 bits per heavy atom. The number of aromatic nitrogens is 1. The van der Waals surface area contributed by atoms with Crippen molar-refractivity contribution in [2.45, 2.75) is 0 Å². The minimum atomic E-state index is -3.49. The molecule has 1 aliphatic heterocycles. The van der Waals surface area contributed by atoms with Gasteiger partial charge in [0.2, 0.25) is 10.0 Å². The molecule has 0 aliphatic carbocycles. The van der Waals surface area contributed by atoms with E-state index in [1.54, 1.807) is 47.6 Å². The SMILES string of the molecule is Cl.O=C(c1ccc(-c2ccncc2)o1)N1CCN(S(=O)(=O)CC=Cc2ccc3cc(Cl)ccc3c2)CC1. The molecule has 1 saturated heterocycles. The maximum Gasteiger partial charge on any atom is 0.289 e. The first-order chi connectivity index (χ1) is 17.4. The molecule has 0 unspecified atom stereocenters. The van der Waals surface area contributed by atoms with Gasteiger partial charge in [-0.1, -0.05) is 42.0 Å². The fourth-order valence-corrected chi connectivity index (χ4v) is 5.65. The number of halogens is 2. The molecular formula is C27H25Cl2N3O4S. The molecule has 5 rings (SSSR count). The van der Waals surface area contributed by atoms with Gasteiger partial charge in [-0.3, -0.25) is 9.78 Å². The normalized spacial score (nSPS) is 14.7. The lowest BCUT2D eigenvalue weighted by molar-refractivity contribution is 0.0667. The number of furan rings is 1. The summed E-state index contributed by atoms with van der Waals surface area (Å²) in [5.74, 6) is 0.472. The maximum atomic E-state index is 12.9. The molecule has 2 aromatic carbocycles. The fourth-order valence-electron chi connectivity index (χ4n) is 4.20. The zero-order valence-corrected chi connectivity index (χ0v) is 22.2. The van der Waals surface area contributed by atoms with Crippen molar-refractivity contribution in [2.75, 3.05) is 31.9 Å². The number of rotatable bonds is 6. The Kier molecular flexibility index (Phi) is 8.34. The first-order valence-corrected chi connectivity index (χ1v) is 13.5. The average molecular weight is 558 g/mol. The number of carbonyl (C=O) groups is 1. The molecule has 0 spiro atoms. The fraction of sp³-hybridized carbons (Fsp3) is 0.185. The number of amides is 1. The minimum Gasteiger partial charge on any atom is -0.451 e. The summed E-state index contributed by atoms with van der Waals surface area (Å²) in [5.41, 5.74) is 1.75. The summed E-state index contributed by atoms with van der Waals surface area (Å²) in [6.07, 6.45) is 6.79. The zero-order chi connectivity index (χ0) is 25.1. The van der Waals surface area contributed by atoms with Gasteiger partial charge in [-0.25, -0.2) is 8.42 Å². The molecule has 4 aromatic rings. The van der Waals surface area contributed by atoms with E-state index in [0.717, 1.165) is 21.9 Å². The number of benzene rings is 2. The van der Waals surface area contributed by atoms with E-state index in [0.29, 0.717) is 23.9 Å². The average Bonchev–Trinajstić information content (AvgIpc) is 3.39. The number of hydrogen-bond donors (Lipinski definition) is 0. The first-order valence-electron chi connectivity index (χ1n) is 11.5. The van der Waals surface area contributed by atoms with Crippen LogP contribution in [0.1, 0.15) is 16.1 Å². The Hall–Kier alpha value is -3.17. The standard InChI is InChI=1S/C27H24ClN3O4S.ClH/c28-24-6-5-22-18-20(3-4-23(22)19-24)2-1-17-36(33,34)31-15-13-30(14-16-31)27(32)26-8-7-25(35-26)21-9-11-29-12-10-21;/h1-12,18-19H,13-17H2;1H. The Morgan fingerprint density at radius 1 is 0.946 bits per heavy atom. The number of piperazine rings is 1. The van der Waals surface area contributed by atoms with Gasteiger partial charge in [-0.2, -0.15) is 4.31 Å². The highest BCUT2D eigenvalue weighted by Gasteiger charge is 2.29. The van der Waals surface area contributed by atoms with Crippen LogP contribution in [-0.2, 0) is 10.0 Å². The van der Waals surface area contributed by atoms with E-state index in [1.165, 1.54) is 4.31 Å². The second-order valence-electron chi connectivity index (χ2n) is 8.52. The van der Waals surface area contributed by atoms with Gasteiger partial charge in [0, 0.05) is 49.2 Å². The third-order valence-corrected chi connectivity index (χ3v) is 8.15. The number of carbonyl (C=O) groups excluding carboxylic acids is 1. The van der Waals surface area contributed by atoms with Crippen molar-refractivity contribution < 1.29 is 17.6 Å². The Bertz CT molecular complexity index is 1530. The van der Waals surface area contributed by atoms with Crippen molar-refractivity contribution in [3.05, 3.63) is 95.5 Å². The molecule has 0 radical (unpaired) electrons. The van der Waals surface area contributed by atoms with Gasteiger partial charge in [-0.15, -0.1) is 12.4 Å². The van der Waals surface area contributed by atoms with Crippen molar-refractivity contribution in [3.8, 4) is 11.3 Å². The van der Waals surface area contributed by atoms with E-state index < -0.39 is 10.0 Å². The lowest BCUT2D eigenvalue weighted by atomic mass is 10.1. The van der Waals surface area contributed by atoms with Crippen molar-refractivity contribution in [1.82, 2.24) is 14.2 Å². The number of pyridine rings is 1. The summed E-state index contributed by atoms with van der Waals surface area (Å²) in [5, 5.41) is 2.75. The summed E-state index contributed by atoms with van der Waals surface area (Å²) >= 11 is 6.03. The molecule has 0 bridgehead atoms. The largest absolute Gasteiger partial charge is 0.451 e. The molecule has 0 atom stereocenters. The van der Waals surface area contributed by atoms with E-state index >= 15 is 0 Å². The highest BCUT2D eigenvalue weighted by atomic mass is 35.5. The molecular weight excluding hydrogens is 533 g/mol. The Morgan fingerprint density at radius 3 is 2.41 bits per heavy atom. The maximum absolute atomic E-state index is 12.9. The third kappa shape index (κ3) is 6.22. The lowest BCUT2D eigenvalue weighted by Crippen LogP contribution is -2.50. The van der Waals surface area contributed by atoms with Crippen molar-refractivity contribution in [1.29, 1.82) is 0 Å². The van der Waals surface area contributed by atoms with Gasteiger partial charge < -0.3 is 9.32 Å². The van der Waals surface area contributed by atoms with Crippen molar-refractivity contribution >= 4 is 56.8 Å². The molecule has 3 heterocycles. The molecule has 1 aliphatic rings. The molecule has 37 heavy (non-hydrogen) atoms. The summed E-state index contributed by atoms with van der Waals surface area (Å²) < 4.78 is 32.9. The van der Waals surface area contributed by atoms with Crippen LogP contribution in [0.4, 0.5) is 0 Å². The zero-order valence-electron chi connectivity index (χ0n) is 19.8. The van der Waals surface area contributed by atoms with Crippen molar-refractivity contribution in [2.24, 2.45) is 0 Å². The van der Waals surface area contributed by atoms with E-state index in [4.69, 9.17) is 16.0 Å². The van der Waals surface area contributed by atoms with Crippen LogP contribution < -0.4 is 0 Å². The molecule has 1 amide bonds. The number of hydrogen-bond acceptors (Lipinski definition) is 5. The van der Waals surface area contributed by atoms with Crippen LogP contribution in [0, 0.1) is 0 Å². The topological polar surface area (TPSA) is 83.7 Å². The Labute approximate surface area is 226 Å². The van der Waals surface area contributed by atoms with Gasteiger partial charge in [0.05, 0.1) is 5.75 Å². The van der Waals surface area contributed by atoms with Crippen LogP contribution in [0.5, 0.6) is 0 Å². The molecule has 1 fully saturated rings. The summed E-state index contributed by atoms with van der Waals surface area (Å²) in [4.78, 5) is 18.5. The Balaban J connectivity index is 0.00000320. The van der Waals surface area contributed by atoms with Gasteiger partial charge in [0.1, 0.15) is 5.76 Å².